The molecular weight excluding hydrogens is 405 g/mol. The largest absolute Gasteiger partial charge is 0.394 e. The van der Waals surface area contributed by atoms with Crippen molar-refractivity contribution in [2.75, 3.05) is 38.7 Å². The Balaban J connectivity index is 1.76. The Kier molecular flexibility index (Phi) is 8.02. The van der Waals surface area contributed by atoms with Crippen molar-refractivity contribution < 1.29 is 14.0 Å². The summed E-state index contributed by atoms with van der Waals surface area (Å²) in [6.45, 7) is 7.94. The number of carbonyl (C=O) groups is 1. The lowest BCUT2D eigenvalue weighted by Gasteiger charge is -2.38. The van der Waals surface area contributed by atoms with Gasteiger partial charge < -0.3 is 14.6 Å². The fourth-order valence-electron chi connectivity index (χ4n) is 4.48. The first-order valence-corrected chi connectivity index (χ1v) is 11.2. The molecule has 1 fully saturated rings. The third kappa shape index (κ3) is 5.94. The van der Waals surface area contributed by atoms with Crippen molar-refractivity contribution in [3.63, 3.8) is 0 Å². The van der Waals surface area contributed by atoms with Crippen molar-refractivity contribution in [1.29, 1.82) is 0 Å². The first-order chi connectivity index (χ1) is 15.3. The number of carbonyl (C=O) groups excluding carboxylic acids is 1. The van der Waals surface area contributed by atoms with Gasteiger partial charge in [-0.15, -0.1) is 0 Å². The van der Waals surface area contributed by atoms with E-state index >= 15 is 0 Å². The summed E-state index contributed by atoms with van der Waals surface area (Å²) in [4.78, 5) is 22.3. The van der Waals surface area contributed by atoms with Gasteiger partial charge in [0.05, 0.1) is 6.21 Å². The molecule has 0 saturated carbocycles. The molecule has 1 heterocycles. The van der Waals surface area contributed by atoms with Crippen LogP contribution in [0.5, 0.6) is 0 Å². The first-order valence-electron chi connectivity index (χ1n) is 11.2. The van der Waals surface area contributed by atoms with Crippen LogP contribution in [0.25, 0.3) is 0 Å². The molecule has 1 aliphatic rings. The highest BCUT2D eigenvalue weighted by Crippen LogP contribution is 2.34. The summed E-state index contributed by atoms with van der Waals surface area (Å²) in [7, 11) is 3.98. The van der Waals surface area contributed by atoms with Crippen molar-refractivity contribution in [3.8, 4) is 0 Å². The van der Waals surface area contributed by atoms with Crippen molar-refractivity contribution in [1.82, 2.24) is 4.90 Å². The third-order valence-corrected chi connectivity index (χ3v) is 5.97. The Hall–Kier alpha value is -2.73. The zero-order valence-corrected chi connectivity index (χ0v) is 19.8. The molecule has 0 radical (unpaired) electrons. The van der Waals surface area contributed by atoms with Gasteiger partial charge in [0, 0.05) is 24.7 Å². The summed E-state index contributed by atoms with van der Waals surface area (Å²) in [5, 5.41) is 4.06. The second-order valence-electron chi connectivity index (χ2n) is 9.12. The maximum absolute atomic E-state index is 14.2. The predicted octanol–water partition coefficient (Wildman–Crippen LogP) is 4.59. The minimum atomic E-state index is -0.174. The van der Waals surface area contributed by atoms with Crippen LogP contribution >= 0.6 is 0 Å². The number of hydrogen-bond acceptors (Lipinski definition) is 4. The fourth-order valence-corrected chi connectivity index (χ4v) is 4.48. The average molecular weight is 440 g/mol. The summed E-state index contributed by atoms with van der Waals surface area (Å²) in [5.74, 6) is 0.0808. The van der Waals surface area contributed by atoms with Gasteiger partial charge >= 0.3 is 0 Å². The fraction of sp³-hybridized carbons (Fsp3) is 0.462. The lowest BCUT2D eigenvalue weighted by Crippen LogP contribution is -2.46. The van der Waals surface area contributed by atoms with E-state index < -0.39 is 0 Å². The Labute approximate surface area is 190 Å². The van der Waals surface area contributed by atoms with Crippen molar-refractivity contribution >= 4 is 17.8 Å². The molecule has 3 rings (SSSR count). The molecule has 0 aliphatic carbocycles. The number of benzene rings is 2. The van der Waals surface area contributed by atoms with E-state index in [1.54, 1.807) is 12.3 Å². The smallest absolute Gasteiger partial charge is 0.229 e. The second kappa shape index (κ2) is 10.7. The van der Waals surface area contributed by atoms with Crippen LogP contribution in [0.4, 0.5) is 10.1 Å². The van der Waals surface area contributed by atoms with Gasteiger partial charge in [-0.1, -0.05) is 30.3 Å². The number of aryl methyl sites for hydroxylation is 2. The monoisotopic (exact) mass is 439 g/mol. The van der Waals surface area contributed by atoms with Crippen molar-refractivity contribution in [2.24, 2.45) is 17.0 Å². The SMILES string of the molecule is Cc1cc(C=NOCCN(C)C)cc(C)c1N1C[C@@H](Cc2ccccc2F)C[C@@H](C)C1=O. The van der Waals surface area contributed by atoms with E-state index in [4.69, 9.17) is 4.84 Å². The molecule has 32 heavy (non-hydrogen) atoms. The first kappa shape index (κ1) is 23.9. The minimum Gasteiger partial charge on any atom is -0.394 e. The number of nitrogens with zero attached hydrogens (tertiary/aromatic N) is 3. The average Bonchev–Trinajstić information content (AvgIpc) is 2.72. The molecule has 0 N–H and O–H groups in total. The van der Waals surface area contributed by atoms with E-state index in [9.17, 15) is 9.18 Å². The summed E-state index contributed by atoms with van der Waals surface area (Å²) in [6.07, 6.45) is 3.12. The molecule has 5 nitrogen and oxygen atoms in total. The number of piperidine rings is 1. The molecule has 0 aromatic heterocycles. The van der Waals surface area contributed by atoms with Gasteiger partial charge in [-0.25, -0.2) is 4.39 Å². The van der Waals surface area contributed by atoms with Crippen molar-refractivity contribution in [2.45, 2.75) is 33.6 Å². The molecule has 1 aliphatic heterocycles. The number of amides is 1. The molecule has 2 aromatic carbocycles. The van der Waals surface area contributed by atoms with Gasteiger partial charge in [-0.3, -0.25) is 4.79 Å². The molecular formula is C26H34FN3O2. The third-order valence-electron chi connectivity index (χ3n) is 5.97. The molecule has 1 amide bonds. The van der Waals surface area contributed by atoms with E-state index in [2.05, 4.69) is 5.16 Å². The summed E-state index contributed by atoms with van der Waals surface area (Å²) < 4.78 is 14.2. The number of likely N-dealkylation sites (N-methyl/N-ethyl adjacent to an activating group) is 1. The van der Waals surface area contributed by atoms with E-state index in [-0.39, 0.29) is 23.6 Å². The molecule has 6 heteroatoms. The number of hydrogen-bond donors (Lipinski definition) is 0. The highest BCUT2D eigenvalue weighted by molar-refractivity contribution is 5.97. The topological polar surface area (TPSA) is 45.1 Å². The van der Waals surface area contributed by atoms with Crippen LogP contribution in [0.2, 0.25) is 0 Å². The van der Waals surface area contributed by atoms with Crippen LogP contribution in [0.3, 0.4) is 0 Å². The Morgan fingerprint density at radius 3 is 2.56 bits per heavy atom. The quantitative estimate of drug-likeness (QED) is 0.343. The van der Waals surface area contributed by atoms with Gasteiger partial charge in [-0.05, 0) is 87.2 Å². The molecule has 0 bridgehead atoms. The summed E-state index contributed by atoms with van der Waals surface area (Å²) in [5.41, 5.74) is 4.65. The van der Waals surface area contributed by atoms with Crippen LogP contribution in [-0.4, -0.2) is 50.8 Å². The highest BCUT2D eigenvalue weighted by atomic mass is 19.1. The summed E-state index contributed by atoms with van der Waals surface area (Å²) >= 11 is 0. The molecule has 2 atom stereocenters. The van der Waals surface area contributed by atoms with Crippen LogP contribution < -0.4 is 4.90 Å². The molecule has 2 aromatic rings. The minimum absolute atomic E-state index is 0.0920. The highest BCUT2D eigenvalue weighted by Gasteiger charge is 2.34. The predicted molar refractivity (Wildman–Crippen MR) is 128 cm³/mol. The van der Waals surface area contributed by atoms with Crippen LogP contribution in [0.1, 0.15) is 35.6 Å². The molecule has 172 valence electrons. The normalized spacial score (nSPS) is 19.2. The zero-order chi connectivity index (χ0) is 23.3. The van der Waals surface area contributed by atoms with Gasteiger partial charge in [0.15, 0.2) is 0 Å². The van der Waals surface area contributed by atoms with Gasteiger partial charge in [0.25, 0.3) is 0 Å². The van der Waals surface area contributed by atoms with Gasteiger partial charge in [-0.2, -0.15) is 0 Å². The standard InChI is InChI=1S/C26H34FN3O2/c1-18-12-21(16-28-32-11-10-29(4)5)13-19(2)25(18)30-17-22(14-20(3)26(30)31)15-23-8-6-7-9-24(23)27/h6-9,12-13,16,20,22H,10-11,14-15,17H2,1-5H3/t20-,22-/m1/s1. The van der Waals surface area contributed by atoms with Crippen LogP contribution in [0.15, 0.2) is 41.6 Å². The zero-order valence-electron chi connectivity index (χ0n) is 19.8. The van der Waals surface area contributed by atoms with E-state index in [1.165, 1.54) is 6.07 Å². The van der Waals surface area contributed by atoms with Crippen LogP contribution in [0, 0.1) is 31.5 Å². The lowest BCUT2D eigenvalue weighted by molar-refractivity contribution is -0.124. The van der Waals surface area contributed by atoms with E-state index in [0.29, 0.717) is 25.1 Å². The lowest BCUT2D eigenvalue weighted by atomic mass is 9.84. The molecule has 0 spiro atoms. The maximum atomic E-state index is 14.2. The Bertz CT molecular complexity index is 950. The Morgan fingerprint density at radius 1 is 1.22 bits per heavy atom. The number of oxime groups is 1. The van der Waals surface area contributed by atoms with Gasteiger partial charge in [0.2, 0.25) is 5.91 Å². The van der Waals surface area contributed by atoms with Gasteiger partial charge in [0.1, 0.15) is 12.4 Å². The van der Waals surface area contributed by atoms with Crippen LogP contribution in [-0.2, 0) is 16.1 Å². The Morgan fingerprint density at radius 2 is 1.91 bits per heavy atom. The molecule has 0 unspecified atom stereocenters. The van der Waals surface area contributed by atoms with E-state index in [0.717, 1.165) is 35.3 Å². The number of rotatable bonds is 8. The molecule has 1 saturated heterocycles. The number of anilines is 1. The summed E-state index contributed by atoms with van der Waals surface area (Å²) in [6, 6.07) is 11.0. The van der Waals surface area contributed by atoms with Crippen molar-refractivity contribution in [3.05, 3.63) is 64.5 Å². The second-order valence-corrected chi connectivity index (χ2v) is 9.12. The maximum Gasteiger partial charge on any atom is 0.229 e. The number of halogens is 1. The van der Waals surface area contributed by atoms with E-state index in [1.807, 2.05) is 68.9 Å².